The summed E-state index contributed by atoms with van der Waals surface area (Å²) in [6.07, 6.45) is 3.39. The average Bonchev–Trinajstić information content (AvgIpc) is 3.20. The number of carbonyl (C=O) groups excluding carboxylic acids is 2. The number of benzene rings is 1. The van der Waals surface area contributed by atoms with Gasteiger partial charge in [0.05, 0.1) is 24.4 Å². The lowest BCUT2D eigenvalue weighted by molar-refractivity contribution is -0.110. The first-order valence-corrected chi connectivity index (χ1v) is 11.1. The van der Waals surface area contributed by atoms with Gasteiger partial charge in [-0.25, -0.2) is 4.39 Å². The van der Waals surface area contributed by atoms with Crippen LogP contribution in [0.5, 0.6) is 0 Å². The summed E-state index contributed by atoms with van der Waals surface area (Å²) in [6, 6.07) is 4.26. The number of morpholine rings is 1. The molecule has 3 aliphatic rings. The van der Waals surface area contributed by atoms with Gasteiger partial charge in [0.15, 0.2) is 0 Å². The van der Waals surface area contributed by atoms with E-state index in [1.807, 2.05) is 11.8 Å². The van der Waals surface area contributed by atoms with E-state index in [0.29, 0.717) is 28.9 Å². The number of nitrogens with one attached hydrogen (secondary N) is 2. The molecule has 5 rings (SSSR count). The minimum atomic E-state index is -0.392. The molecule has 2 N–H and O–H groups in total. The van der Waals surface area contributed by atoms with Crippen LogP contribution >= 0.6 is 0 Å². The highest BCUT2D eigenvalue weighted by molar-refractivity contribution is 6.34. The molecule has 8 heteroatoms. The SMILES string of the molecule is Cc1c(C=C2C(=O)Nc3ccc(F)cc32)[nH]c2c1C(=O)N(CCN1CCOCC1)CCC2. The Kier molecular flexibility index (Phi) is 5.57. The van der Waals surface area contributed by atoms with Gasteiger partial charge in [-0.3, -0.25) is 14.5 Å². The molecule has 0 bridgehead atoms. The Hall–Kier alpha value is -2.97. The highest BCUT2D eigenvalue weighted by Crippen LogP contribution is 2.35. The van der Waals surface area contributed by atoms with Crippen molar-refractivity contribution in [3.8, 4) is 0 Å². The first-order valence-electron chi connectivity index (χ1n) is 11.1. The molecule has 0 spiro atoms. The second-order valence-corrected chi connectivity index (χ2v) is 8.57. The van der Waals surface area contributed by atoms with Crippen molar-refractivity contribution in [3.63, 3.8) is 0 Å². The molecule has 0 radical (unpaired) electrons. The van der Waals surface area contributed by atoms with E-state index < -0.39 is 5.82 Å². The Morgan fingerprint density at radius 3 is 2.78 bits per heavy atom. The van der Waals surface area contributed by atoms with Gasteiger partial charge >= 0.3 is 0 Å². The zero-order chi connectivity index (χ0) is 22.2. The zero-order valence-corrected chi connectivity index (χ0v) is 18.2. The van der Waals surface area contributed by atoms with Gasteiger partial charge in [0.1, 0.15) is 5.82 Å². The number of hydrogen-bond donors (Lipinski definition) is 2. The molecule has 1 saturated heterocycles. The van der Waals surface area contributed by atoms with Crippen LogP contribution in [0.2, 0.25) is 0 Å². The van der Waals surface area contributed by atoms with E-state index in [4.69, 9.17) is 4.74 Å². The third-order valence-electron chi connectivity index (χ3n) is 6.57. The van der Waals surface area contributed by atoms with Crippen LogP contribution in [0.3, 0.4) is 0 Å². The lowest BCUT2D eigenvalue weighted by atomic mass is 10.0. The lowest BCUT2D eigenvalue weighted by Gasteiger charge is -2.29. The summed E-state index contributed by atoms with van der Waals surface area (Å²) in [5.41, 5.74) is 4.70. The molecule has 168 valence electrons. The smallest absolute Gasteiger partial charge is 0.256 e. The van der Waals surface area contributed by atoms with Gasteiger partial charge in [-0.15, -0.1) is 0 Å². The van der Waals surface area contributed by atoms with E-state index >= 15 is 0 Å². The summed E-state index contributed by atoms with van der Waals surface area (Å²) < 4.78 is 19.2. The van der Waals surface area contributed by atoms with E-state index in [-0.39, 0.29) is 11.8 Å². The molecule has 0 saturated carbocycles. The molecule has 2 aromatic rings. The topological polar surface area (TPSA) is 77.7 Å². The predicted octanol–water partition coefficient (Wildman–Crippen LogP) is 2.68. The standard InChI is InChI=1S/C24H27FN4O3/c1-15-21(14-18-17-13-16(25)4-5-19(17)27-23(18)30)26-20-3-2-6-29(24(31)22(15)20)8-7-28-9-11-32-12-10-28/h4-5,13-14,26H,2-3,6-12H2,1H3,(H,27,30). The van der Waals surface area contributed by atoms with Crippen molar-refractivity contribution in [2.45, 2.75) is 19.8 Å². The van der Waals surface area contributed by atoms with Crippen LogP contribution in [0.15, 0.2) is 18.2 Å². The minimum absolute atomic E-state index is 0.0338. The molecule has 0 aliphatic carbocycles. The molecular weight excluding hydrogens is 411 g/mol. The number of aromatic nitrogens is 1. The number of amides is 2. The molecule has 4 heterocycles. The largest absolute Gasteiger partial charge is 0.379 e. The molecule has 7 nitrogen and oxygen atoms in total. The number of nitrogens with zero attached hydrogens (tertiary/aromatic N) is 2. The normalized spacial score (nSPS) is 20.3. The van der Waals surface area contributed by atoms with Crippen molar-refractivity contribution in [3.05, 3.63) is 52.1 Å². The maximum atomic E-state index is 13.8. The number of fused-ring (bicyclic) bond motifs is 2. The van der Waals surface area contributed by atoms with Crippen molar-refractivity contribution in [2.75, 3.05) is 51.3 Å². The Bertz CT molecular complexity index is 1100. The quantitative estimate of drug-likeness (QED) is 0.720. The number of rotatable bonds is 4. The first-order chi connectivity index (χ1) is 15.5. The molecule has 1 aromatic heterocycles. The van der Waals surface area contributed by atoms with Crippen molar-refractivity contribution < 1.29 is 18.7 Å². The van der Waals surface area contributed by atoms with E-state index in [1.165, 1.54) is 12.1 Å². The zero-order valence-electron chi connectivity index (χ0n) is 18.2. The third kappa shape index (κ3) is 3.84. The van der Waals surface area contributed by atoms with Gasteiger partial charge in [-0.05, 0) is 49.6 Å². The molecule has 1 aromatic carbocycles. The van der Waals surface area contributed by atoms with Gasteiger partial charge < -0.3 is 19.9 Å². The Morgan fingerprint density at radius 1 is 1.16 bits per heavy atom. The molecule has 3 aliphatic heterocycles. The fourth-order valence-electron chi connectivity index (χ4n) is 4.76. The summed E-state index contributed by atoms with van der Waals surface area (Å²) in [4.78, 5) is 33.5. The van der Waals surface area contributed by atoms with E-state index in [2.05, 4.69) is 15.2 Å². The Balaban J connectivity index is 1.41. The number of H-pyrrole nitrogens is 1. The number of hydrogen-bond acceptors (Lipinski definition) is 4. The fourth-order valence-corrected chi connectivity index (χ4v) is 4.76. The maximum Gasteiger partial charge on any atom is 0.256 e. The number of anilines is 1. The van der Waals surface area contributed by atoms with Crippen LogP contribution in [-0.4, -0.2) is 72.5 Å². The minimum Gasteiger partial charge on any atom is -0.379 e. The van der Waals surface area contributed by atoms with Crippen LogP contribution in [0, 0.1) is 12.7 Å². The summed E-state index contributed by atoms with van der Waals surface area (Å²) in [5.74, 6) is -0.629. The van der Waals surface area contributed by atoms with Crippen LogP contribution in [0.4, 0.5) is 10.1 Å². The molecule has 0 atom stereocenters. The van der Waals surface area contributed by atoms with E-state index in [0.717, 1.165) is 69.2 Å². The highest BCUT2D eigenvalue weighted by atomic mass is 19.1. The fraction of sp³-hybridized carbons (Fsp3) is 0.417. The predicted molar refractivity (Wildman–Crippen MR) is 120 cm³/mol. The Morgan fingerprint density at radius 2 is 1.97 bits per heavy atom. The van der Waals surface area contributed by atoms with Crippen LogP contribution in [0.25, 0.3) is 11.6 Å². The number of aromatic amines is 1. The summed E-state index contributed by atoms with van der Waals surface area (Å²) in [6.45, 7) is 7.46. The van der Waals surface area contributed by atoms with E-state index in [1.54, 1.807) is 12.1 Å². The number of halogens is 1. The second-order valence-electron chi connectivity index (χ2n) is 8.57. The van der Waals surface area contributed by atoms with Gasteiger partial charge in [0.25, 0.3) is 11.8 Å². The van der Waals surface area contributed by atoms with Crippen LogP contribution in [0.1, 0.15) is 39.3 Å². The second kappa shape index (κ2) is 8.52. The molecule has 1 fully saturated rings. The number of carbonyl (C=O) groups is 2. The maximum absolute atomic E-state index is 13.8. The van der Waals surface area contributed by atoms with Gasteiger partial charge in [-0.1, -0.05) is 0 Å². The summed E-state index contributed by atoms with van der Waals surface area (Å²) >= 11 is 0. The van der Waals surface area contributed by atoms with Gasteiger partial charge in [0.2, 0.25) is 0 Å². The third-order valence-corrected chi connectivity index (χ3v) is 6.57. The average molecular weight is 439 g/mol. The number of ether oxygens (including phenoxy) is 1. The van der Waals surface area contributed by atoms with Gasteiger partial charge in [-0.2, -0.15) is 0 Å². The monoisotopic (exact) mass is 438 g/mol. The van der Waals surface area contributed by atoms with Crippen molar-refractivity contribution in [1.29, 1.82) is 0 Å². The molecule has 0 unspecified atom stereocenters. The molecular formula is C24H27FN4O3. The summed E-state index contributed by atoms with van der Waals surface area (Å²) in [5, 5.41) is 2.77. The Labute approximate surface area is 186 Å². The van der Waals surface area contributed by atoms with Crippen molar-refractivity contribution in [1.82, 2.24) is 14.8 Å². The number of aryl methyl sites for hydroxylation is 1. The molecule has 2 amide bonds. The van der Waals surface area contributed by atoms with Gasteiger partial charge in [0, 0.05) is 55.4 Å². The summed E-state index contributed by atoms with van der Waals surface area (Å²) in [7, 11) is 0. The van der Waals surface area contributed by atoms with E-state index in [9.17, 15) is 14.0 Å². The van der Waals surface area contributed by atoms with Crippen LogP contribution in [-0.2, 0) is 16.0 Å². The molecule has 32 heavy (non-hydrogen) atoms. The van der Waals surface area contributed by atoms with Crippen molar-refractivity contribution >= 4 is 29.2 Å². The van der Waals surface area contributed by atoms with Crippen molar-refractivity contribution in [2.24, 2.45) is 0 Å². The van der Waals surface area contributed by atoms with Crippen LogP contribution < -0.4 is 5.32 Å². The highest BCUT2D eigenvalue weighted by Gasteiger charge is 2.29. The first kappa shape index (κ1) is 20.9. The lowest BCUT2D eigenvalue weighted by Crippen LogP contribution is -2.43.